The number of rotatable bonds is 6. The fourth-order valence-corrected chi connectivity index (χ4v) is 3.82. The highest BCUT2D eigenvalue weighted by Gasteiger charge is 2.35. The Kier molecular flexibility index (Phi) is 5.14. The first kappa shape index (κ1) is 18.8. The molecule has 0 saturated heterocycles. The van der Waals surface area contributed by atoms with E-state index in [9.17, 15) is 14.7 Å². The third-order valence-corrected chi connectivity index (χ3v) is 5.53. The van der Waals surface area contributed by atoms with Gasteiger partial charge in [0.25, 0.3) is 5.91 Å². The summed E-state index contributed by atoms with van der Waals surface area (Å²) >= 11 is 1.49. The summed E-state index contributed by atoms with van der Waals surface area (Å²) in [5.41, 5.74) is 1.63. The molecule has 2 aromatic heterocycles. The largest absolute Gasteiger partial charge is 0.481 e. The van der Waals surface area contributed by atoms with Crippen LogP contribution in [0.15, 0.2) is 48.0 Å². The van der Waals surface area contributed by atoms with E-state index in [1.54, 1.807) is 43.5 Å². The van der Waals surface area contributed by atoms with Gasteiger partial charge in [0.2, 0.25) is 0 Å². The van der Waals surface area contributed by atoms with Crippen molar-refractivity contribution in [3.05, 3.63) is 70.5 Å². The number of carboxylic acids is 1. The van der Waals surface area contributed by atoms with Crippen molar-refractivity contribution in [3.8, 4) is 5.13 Å². The molecule has 1 atom stereocenters. The third kappa shape index (κ3) is 3.50. The number of thiazole rings is 1. The van der Waals surface area contributed by atoms with Crippen molar-refractivity contribution >= 4 is 23.2 Å². The summed E-state index contributed by atoms with van der Waals surface area (Å²) in [7, 11) is 0. The SMILES string of the molecule is Cc1cc(C(=O)NCC(C)(C(=O)O)c2ccccc2)c(C)n1-c1nccs1. The second-order valence-corrected chi connectivity index (χ2v) is 7.49. The van der Waals surface area contributed by atoms with E-state index < -0.39 is 11.4 Å². The van der Waals surface area contributed by atoms with Crippen LogP contribution in [0.5, 0.6) is 0 Å². The molecule has 3 rings (SSSR count). The number of nitrogens with zero attached hydrogens (tertiary/aromatic N) is 2. The zero-order chi connectivity index (χ0) is 19.6. The Morgan fingerprint density at radius 2 is 1.96 bits per heavy atom. The lowest BCUT2D eigenvalue weighted by atomic mass is 9.82. The maximum atomic E-state index is 12.8. The molecule has 0 spiro atoms. The molecule has 0 aliphatic rings. The summed E-state index contributed by atoms with van der Waals surface area (Å²) in [6.07, 6.45) is 1.72. The molecule has 3 aromatic rings. The van der Waals surface area contributed by atoms with Crippen LogP contribution in [0.2, 0.25) is 0 Å². The summed E-state index contributed by atoms with van der Waals surface area (Å²) in [4.78, 5) is 29.0. The highest BCUT2D eigenvalue weighted by Crippen LogP contribution is 2.25. The van der Waals surface area contributed by atoms with Crippen molar-refractivity contribution in [2.45, 2.75) is 26.2 Å². The van der Waals surface area contributed by atoms with Gasteiger partial charge in [-0.15, -0.1) is 11.3 Å². The van der Waals surface area contributed by atoms with Gasteiger partial charge in [0.1, 0.15) is 5.41 Å². The number of hydrogen-bond donors (Lipinski definition) is 2. The van der Waals surface area contributed by atoms with E-state index in [1.807, 2.05) is 29.9 Å². The smallest absolute Gasteiger partial charge is 0.315 e. The number of hydrogen-bond acceptors (Lipinski definition) is 4. The number of amides is 1. The molecule has 7 heteroatoms. The number of carboxylic acid groups (broad SMARTS) is 1. The van der Waals surface area contributed by atoms with Gasteiger partial charge >= 0.3 is 5.97 Å². The average molecular weight is 383 g/mol. The minimum absolute atomic E-state index is 0.00784. The summed E-state index contributed by atoms with van der Waals surface area (Å²) in [6, 6.07) is 10.7. The van der Waals surface area contributed by atoms with Crippen LogP contribution >= 0.6 is 11.3 Å². The molecule has 0 aliphatic heterocycles. The standard InChI is InChI=1S/C20H21N3O3S/c1-13-11-16(14(2)23(13)19-21-9-10-27-19)17(24)22-12-20(3,18(25)26)15-7-5-4-6-8-15/h4-11H,12H2,1-3H3,(H,22,24)(H,25,26). The van der Waals surface area contributed by atoms with E-state index in [4.69, 9.17) is 0 Å². The number of carbonyl (C=O) groups excluding carboxylic acids is 1. The topological polar surface area (TPSA) is 84.2 Å². The van der Waals surface area contributed by atoms with Crippen LogP contribution in [-0.4, -0.2) is 33.1 Å². The molecule has 27 heavy (non-hydrogen) atoms. The quantitative estimate of drug-likeness (QED) is 0.684. The molecule has 0 aliphatic carbocycles. The Hall–Kier alpha value is -2.93. The molecule has 1 aromatic carbocycles. The van der Waals surface area contributed by atoms with Crippen LogP contribution in [0.25, 0.3) is 5.13 Å². The Bertz CT molecular complexity index is 964. The lowest BCUT2D eigenvalue weighted by Gasteiger charge is -2.25. The first-order valence-electron chi connectivity index (χ1n) is 8.50. The summed E-state index contributed by atoms with van der Waals surface area (Å²) in [5, 5.41) is 15.2. The summed E-state index contributed by atoms with van der Waals surface area (Å²) < 4.78 is 1.92. The maximum Gasteiger partial charge on any atom is 0.315 e. The molecular weight excluding hydrogens is 362 g/mol. The second-order valence-electron chi connectivity index (χ2n) is 6.62. The first-order chi connectivity index (χ1) is 12.8. The molecule has 0 radical (unpaired) electrons. The molecule has 2 heterocycles. The van der Waals surface area contributed by atoms with Gasteiger partial charge in [-0.05, 0) is 32.4 Å². The van der Waals surface area contributed by atoms with Crippen LogP contribution in [0, 0.1) is 13.8 Å². The normalized spacial score (nSPS) is 13.1. The summed E-state index contributed by atoms with van der Waals surface area (Å²) in [6.45, 7) is 5.38. The highest BCUT2D eigenvalue weighted by molar-refractivity contribution is 7.12. The van der Waals surface area contributed by atoms with Gasteiger partial charge in [-0.3, -0.25) is 14.2 Å². The predicted octanol–water partition coefficient (Wildman–Crippen LogP) is 3.32. The van der Waals surface area contributed by atoms with Crippen LogP contribution in [0.4, 0.5) is 0 Å². The van der Waals surface area contributed by atoms with Crippen molar-refractivity contribution in [1.82, 2.24) is 14.9 Å². The molecule has 6 nitrogen and oxygen atoms in total. The molecule has 1 amide bonds. The van der Waals surface area contributed by atoms with E-state index in [1.165, 1.54) is 11.3 Å². The predicted molar refractivity (Wildman–Crippen MR) is 105 cm³/mol. The number of nitrogens with one attached hydrogen (secondary N) is 1. The lowest BCUT2D eigenvalue weighted by molar-refractivity contribution is -0.142. The van der Waals surface area contributed by atoms with E-state index >= 15 is 0 Å². The number of aliphatic carboxylic acids is 1. The third-order valence-electron chi connectivity index (χ3n) is 4.77. The maximum absolute atomic E-state index is 12.8. The molecule has 0 fully saturated rings. The average Bonchev–Trinajstić information content (AvgIpc) is 3.27. The van der Waals surface area contributed by atoms with Gasteiger partial charge in [-0.2, -0.15) is 0 Å². The van der Waals surface area contributed by atoms with Crippen molar-refractivity contribution in [2.75, 3.05) is 6.54 Å². The Morgan fingerprint density at radius 1 is 1.26 bits per heavy atom. The van der Waals surface area contributed by atoms with E-state index in [-0.39, 0.29) is 12.5 Å². The monoisotopic (exact) mass is 383 g/mol. The van der Waals surface area contributed by atoms with Crippen LogP contribution in [0.1, 0.15) is 34.2 Å². The Balaban J connectivity index is 1.84. The molecule has 140 valence electrons. The van der Waals surface area contributed by atoms with Crippen LogP contribution in [0.3, 0.4) is 0 Å². The number of aromatic nitrogens is 2. The zero-order valence-electron chi connectivity index (χ0n) is 15.4. The number of benzene rings is 1. The molecule has 2 N–H and O–H groups in total. The van der Waals surface area contributed by atoms with Crippen molar-refractivity contribution in [3.63, 3.8) is 0 Å². The Labute approximate surface area is 161 Å². The molecule has 0 bridgehead atoms. The van der Waals surface area contributed by atoms with E-state index in [0.717, 1.165) is 16.5 Å². The van der Waals surface area contributed by atoms with Crippen LogP contribution < -0.4 is 5.32 Å². The van der Waals surface area contributed by atoms with E-state index in [0.29, 0.717) is 11.1 Å². The molecule has 0 saturated carbocycles. The second kappa shape index (κ2) is 7.36. The molecule has 1 unspecified atom stereocenters. The van der Waals surface area contributed by atoms with Crippen molar-refractivity contribution in [1.29, 1.82) is 0 Å². The fraction of sp³-hybridized carbons (Fsp3) is 0.250. The highest BCUT2D eigenvalue weighted by atomic mass is 32.1. The lowest BCUT2D eigenvalue weighted by Crippen LogP contribution is -2.44. The minimum atomic E-state index is -1.21. The van der Waals surface area contributed by atoms with Gasteiger partial charge in [0, 0.05) is 29.5 Å². The summed E-state index contributed by atoms with van der Waals surface area (Å²) in [5.74, 6) is -1.28. The zero-order valence-corrected chi connectivity index (χ0v) is 16.2. The van der Waals surface area contributed by atoms with Gasteiger partial charge in [0.15, 0.2) is 5.13 Å². The van der Waals surface area contributed by atoms with Gasteiger partial charge in [-0.25, -0.2) is 4.98 Å². The van der Waals surface area contributed by atoms with Gasteiger partial charge in [0.05, 0.1) is 5.56 Å². The van der Waals surface area contributed by atoms with Gasteiger partial charge < -0.3 is 10.4 Å². The van der Waals surface area contributed by atoms with Gasteiger partial charge in [-0.1, -0.05) is 30.3 Å². The fourth-order valence-electron chi connectivity index (χ4n) is 3.07. The van der Waals surface area contributed by atoms with Crippen LogP contribution in [-0.2, 0) is 10.2 Å². The first-order valence-corrected chi connectivity index (χ1v) is 9.38. The Morgan fingerprint density at radius 3 is 2.56 bits per heavy atom. The minimum Gasteiger partial charge on any atom is -0.481 e. The van der Waals surface area contributed by atoms with Crippen molar-refractivity contribution in [2.24, 2.45) is 0 Å². The number of carbonyl (C=O) groups is 2. The molecular formula is C20H21N3O3S. The van der Waals surface area contributed by atoms with E-state index in [2.05, 4.69) is 10.3 Å². The van der Waals surface area contributed by atoms with Crippen molar-refractivity contribution < 1.29 is 14.7 Å². The number of aryl methyl sites for hydroxylation is 1.